The molecule has 0 saturated carbocycles. The van der Waals surface area contributed by atoms with Gasteiger partial charge in [-0.1, -0.05) is 0 Å². The van der Waals surface area contributed by atoms with Crippen LogP contribution in [0, 0.1) is 0 Å². The second-order valence-corrected chi connectivity index (χ2v) is 9.94. The Hall–Kier alpha value is -4.46. The van der Waals surface area contributed by atoms with E-state index in [0.29, 0.717) is 12.2 Å². The topological polar surface area (TPSA) is 328 Å². The van der Waals surface area contributed by atoms with Crippen LogP contribution in [0.3, 0.4) is 0 Å². The van der Waals surface area contributed by atoms with Gasteiger partial charge in [0.25, 0.3) is 0 Å². The van der Waals surface area contributed by atoms with Gasteiger partial charge in [-0.25, -0.2) is 4.79 Å². The SMILES string of the molecule is CSCC[C@H](N)C(=O)NCC(=O)N[C@@H](CCC(=O)O)C(=O)N[C@@H](CC(=O)NC=O)C(=O)N[C@@H](CCCN=C(N)N)C(=O)O. The molecule has 0 fully saturated rings. The molecule has 0 aromatic rings. The molecule has 0 spiro atoms. The number of nitrogens with two attached hydrogens (primary N) is 3. The number of aliphatic imine (C=N–C) groups is 1. The number of guanidine groups is 1. The van der Waals surface area contributed by atoms with Crippen LogP contribution in [0.5, 0.6) is 0 Å². The van der Waals surface area contributed by atoms with Crippen LogP contribution in [-0.2, 0) is 38.4 Å². The molecular weight excluding hydrogens is 594 g/mol. The number of thioether (sulfide) groups is 1. The average Bonchev–Trinajstić information content (AvgIpc) is 2.93. The molecule has 20 heteroatoms. The first kappa shape index (κ1) is 38.5. The first-order valence-electron chi connectivity index (χ1n) is 12.9. The monoisotopic (exact) mass is 633 g/mol. The van der Waals surface area contributed by atoms with Gasteiger partial charge in [-0.2, -0.15) is 11.8 Å². The smallest absolute Gasteiger partial charge is 0.326 e. The molecule has 0 rings (SSSR count). The predicted octanol–water partition coefficient (Wildman–Crippen LogP) is -4.70. The molecule has 0 saturated heterocycles. The number of nitrogens with zero attached hydrogens (tertiary/aromatic N) is 1. The van der Waals surface area contributed by atoms with Crippen LogP contribution < -0.4 is 43.8 Å². The van der Waals surface area contributed by atoms with E-state index in [1.165, 1.54) is 11.8 Å². The van der Waals surface area contributed by atoms with Crippen LogP contribution >= 0.6 is 11.8 Å². The lowest BCUT2D eigenvalue weighted by atomic mass is 10.1. The normalized spacial score (nSPS) is 13.2. The van der Waals surface area contributed by atoms with Crippen LogP contribution in [0.15, 0.2) is 4.99 Å². The Morgan fingerprint density at radius 3 is 2.05 bits per heavy atom. The number of hydrogen-bond acceptors (Lipinski definition) is 11. The first-order chi connectivity index (χ1) is 20.2. The van der Waals surface area contributed by atoms with E-state index in [0.717, 1.165) is 0 Å². The lowest BCUT2D eigenvalue weighted by Crippen LogP contribution is -2.57. The summed E-state index contributed by atoms with van der Waals surface area (Å²) in [7, 11) is 0. The number of imide groups is 1. The molecule has 0 radical (unpaired) electrons. The number of rotatable bonds is 22. The fourth-order valence-electron chi connectivity index (χ4n) is 3.28. The maximum atomic E-state index is 13.0. The van der Waals surface area contributed by atoms with E-state index in [2.05, 4.69) is 26.3 Å². The van der Waals surface area contributed by atoms with Crippen molar-refractivity contribution < 1.29 is 48.6 Å². The van der Waals surface area contributed by atoms with E-state index in [9.17, 15) is 43.5 Å². The molecule has 19 nitrogen and oxygen atoms in total. The lowest BCUT2D eigenvalue weighted by molar-refractivity contribution is -0.142. The molecule has 0 aromatic carbocycles. The molecular formula is C23H39N9O10S. The zero-order valence-electron chi connectivity index (χ0n) is 23.5. The van der Waals surface area contributed by atoms with Crippen molar-refractivity contribution >= 4 is 65.6 Å². The third-order valence-electron chi connectivity index (χ3n) is 5.49. The van der Waals surface area contributed by atoms with Crippen molar-refractivity contribution in [2.75, 3.05) is 25.1 Å². The summed E-state index contributed by atoms with van der Waals surface area (Å²) in [6.07, 6.45) is 0.335. The summed E-state index contributed by atoms with van der Waals surface area (Å²) >= 11 is 1.47. The Bertz CT molecular complexity index is 1040. The Morgan fingerprint density at radius 2 is 1.49 bits per heavy atom. The van der Waals surface area contributed by atoms with E-state index in [4.69, 9.17) is 22.3 Å². The van der Waals surface area contributed by atoms with Crippen molar-refractivity contribution in [1.29, 1.82) is 0 Å². The second kappa shape index (κ2) is 21.3. The summed E-state index contributed by atoms with van der Waals surface area (Å²) in [4.78, 5) is 99.7. The molecule has 6 amide bonds. The zero-order valence-corrected chi connectivity index (χ0v) is 24.3. The number of carboxylic acids is 2. The highest BCUT2D eigenvalue weighted by Crippen LogP contribution is 2.05. The van der Waals surface area contributed by atoms with Crippen molar-refractivity contribution in [2.24, 2.45) is 22.2 Å². The van der Waals surface area contributed by atoms with Crippen molar-refractivity contribution in [2.45, 2.75) is 62.7 Å². The van der Waals surface area contributed by atoms with Crippen molar-refractivity contribution in [3.63, 3.8) is 0 Å². The van der Waals surface area contributed by atoms with Crippen molar-refractivity contribution in [1.82, 2.24) is 26.6 Å². The van der Waals surface area contributed by atoms with Gasteiger partial charge in [0, 0.05) is 13.0 Å². The highest BCUT2D eigenvalue weighted by atomic mass is 32.2. The van der Waals surface area contributed by atoms with Crippen LogP contribution in [0.2, 0.25) is 0 Å². The van der Waals surface area contributed by atoms with Crippen molar-refractivity contribution in [3.05, 3.63) is 0 Å². The third-order valence-corrected chi connectivity index (χ3v) is 6.14. The number of amides is 6. The molecule has 0 heterocycles. The van der Waals surface area contributed by atoms with Gasteiger partial charge >= 0.3 is 11.9 Å². The molecule has 0 aliphatic heterocycles. The largest absolute Gasteiger partial charge is 0.481 e. The summed E-state index contributed by atoms with van der Waals surface area (Å²) < 4.78 is 0. The number of aliphatic carboxylic acids is 2. The summed E-state index contributed by atoms with van der Waals surface area (Å²) in [5, 5.41) is 29.2. The average molecular weight is 634 g/mol. The van der Waals surface area contributed by atoms with E-state index < -0.39 is 91.4 Å². The number of carboxylic acid groups (broad SMARTS) is 2. The van der Waals surface area contributed by atoms with Crippen LogP contribution in [-0.4, -0.2) is 113 Å². The van der Waals surface area contributed by atoms with E-state index in [-0.39, 0.29) is 31.8 Å². The Kier molecular flexibility index (Phi) is 19.1. The summed E-state index contributed by atoms with van der Waals surface area (Å²) in [6.45, 7) is -0.548. The van der Waals surface area contributed by atoms with Gasteiger partial charge < -0.3 is 48.7 Å². The third kappa shape index (κ3) is 17.9. The molecule has 242 valence electrons. The van der Waals surface area contributed by atoms with Gasteiger partial charge in [0.05, 0.1) is 19.0 Å². The van der Waals surface area contributed by atoms with Crippen LogP contribution in [0.4, 0.5) is 0 Å². The molecule has 0 aliphatic rings. The molecule has 0 aliphatic carbocycles. The predicted molar refractivity (Wildman–Crippen MR) is 153 cm³/mol. The second-order valence-electron chi connectivity index (χ2n) is 8.96. The Labute approximate surface area is 250 Å². The molecule has 0 bridgehead atoms. The fourth-order valence-corrected chi connectivity index (χ4v) is 3.77. The van der Waals surface area contributed by atoms with E-state index >= 15 is 0 Å². The van der Waals surface area contributed by atoms with Gasteiger partial charge in [-0.05, 0) is 37.7 Å². The molecule has 0 unspecified atom stereocenters. The maximum Gasteiger partial charge on any atom is 0.326 e. The molecule has 4 atom stereocenters. The molecule has 13 N–H and O–H groups in total. The number of nitrogens with one attached hydrogen (secondary N) is 5. The van der Waals surface area contributed by atoms with Crippen molar-refractivity contribution in [3.8, 4) is 0 Å². The highest BCUT2D eigenvalue weighted by molar-refractivity contribution is 7.98. The minimum atomic E-state index is -1.75. The minimum absolute atomic E-state index is 0.0278. The summed E-state index contributed by atoms with van der Waals surface area (Å²) in [5.74, 6) is -7.13. The zero-order chi connectivity index (χ0) is 32.9. The maximum absolute atomic E-state index is 13.0. The van der Waals surface area contributed by atoms with E-state index in [1.807, 2.05) is 6.26 Å². The van der Waals surface area contributed by atoms with Gasteiger partial charge in [-0.3, -0.25) is 43.9 Å². The van der Waals surface area contributed by atoms with Crippen LogP contribution in [0.1, 0.15) is 38.5 Å². The van der Waals surface area contributed by atoms with Gasteiger partial charge in [0.15, 0.2) is 5.96 Å². The molecule has 43 heavy (non-hydrogen) atoms. The summed E-state index contributed by atoms with van der Waals surface area (Å²) in [5.41, 5.74) is 16.2. The number of carbonyl (C=O) groups is 8. The summed E-state index contributed by atoms with van der Waals surface area (Å²) in [6, 6.07) is -5.66. The fraction of sp³-hybridized carbons (Fsp3) is 0.609. The van der Waals surface area contributed by atoms with Gasteiger partial charge in [0.1, 0.15) is 18.1 Å². The number of hydrogen-bond donors (Lipinski definition) is 10. The first-order valence-corrected chi connectivity index (χ1v) is 14.3. The lowest BCUT2D eigenvalue weighted by Gasteiger charge is -2.24. The minimum Gasteiger partial charge on any atom is -0.481 e. The quantitative estimate of drug-likeness (QED) is 0.0232. The Morgan fingerprint density at radius 1 is 0.860 bits per heavy atom. The van der Waals surface area contributed by atoms with Crippen LogP contribution in [0.25, 0.3) is 0 Å². The van der Waals surface area contributed by atoms with E-state index in [1.54, 1.807) is 5.32 Å². The van der Waals surface area contributed by atoms with Gasteiger partial charge in [-0.15, -0.1) is 0 Å². The number of carbonyl (C=O) groups excluding carboxylic acids is 6. The standard InChI is InChI=1S/C23H39N9O10S/c1-43-8-6-12(24)19(38)28-10-17(35)30-13(4-5-18(36)37)20(39)32-15(9-16(34)29-11-33)21(40)31-14(22(41)42)3-2-7-27-23(25)26/h11-15H,2-10,24H2,1H3,(H,28,38)(H,30,35)(H,31,40)(H,32,39)(H,36,37)(H,41,42)(H4,25,26,27)(H,29,33,34)/t12-,13-,14-,15-/m0/s1. The Balaban J connectivity index is 5.66. The van der Waals surface area contributed by atoms with Gasteiger partial charge in [0.2, 0.25) is 35.9 Å². The highest BCUT2D eigenvalue weighted by Gasteiger charge is 2.31. The molecule has 0 aromatic heterocycles.